The molecule has 0 spiro atoms. The lowest BCUT2D eigenvalue weighted by Crippen LogP contribution is -2.31. The van der Waals surface area contributed by atoms with Crippen molar-refractivity contribution in [3.8, 4) is 6.07 Å². The average Bonchev–Trinajstić information content (AvgIpc) is 2.46. The number of hydrogen-bond acceptors (Lipinski definition) is 2. The fraction of sp³-hybridized carbons (Fsp3) is 0.235. The van der Waals surface area contributed by atoms with Crippen LogP contribution in [0.15, 0.2) is 42.5 Å². The topological polar surface area (TPSA) is 27.0 Å². The van der Waals surface area contributed by atoms with E-state index in [2.05, 4.69) is 17.9 Å². The molecule has 0 saturated carbocycles. The number of benzene rings is 2. The predicted octanol–water partition coefficient (Wildman–Crippen LogP) is 4.03. The van der Waals surface area contributed by atoms with Gasteiger partial charge in [-0.05, 0) is 36.1 Å². The zero-order chi connectivity index (χ0) is 14.1. The first-order valence-corrected chi connectivity index (χ1v) is 6.74. The van der Waals surface area contributed by atoms with Crippen molar-refractivity contribution in [2.45, 2.75) is 13.3 Å². The van der Waals surface area contributed by atoms with Gasteiger partial charge in [0, 0.05) is 12.2 Å². The van der Waals surface area contributed by atoms with E-state index in [1.54, 1.807) is 6.07 Å². The number of para-hydroxylation sites is 1. The minimum absolute atomic E-state index is 0.122. The molecule has 0 N–H and O–H groups in total. The molecule has 1 aliphatic heterocycles. The van der Waals surface area contributed by atoms with Gasteiger partial charge >= 0.3 is 0 Å². The van der Waals surface area contributed by atoms with E-state index in [1.807, 2.05) is 30.3 Å². The smallest absolute Gasteiger partial charge is 0.143 e. The van der Waals surface area contributed by atoms with Crippen molar-refractivity contribution in [1.82, 2.24) is 0 Å². The van der Waals surface area contributed by atoms with Crippen molar-refractivity contribution < 1.29 is 4.39 Å². The summed E-state index contributed by atoms with van der Waals surface area (Å²) in [6.07, 6.45) is 1.02. The third-order valence-electron chi connectivity index (χ3n) is 3.74. The van der Waals surface area contributed by atoms with E-state index in [0.717, 1.165) is 18.7 Å². The van der Waals surface area contributed by atoms with Crippen molar-refractivity contribution >= 4 is 11.4 Å². The van der Waals surface area contributed by atoms with Crippen LogP contribution in [0.5, 0.6) is 0 Å². The number of rotatable bonds is 1. The lowest BCUT2D eigenvalue weighted by molar-refractivity contribution is 0.560. The molecule has 0 radical (unpaired) electrons. The normalized spacial score (nSPS) is 17.4. The molecule has 0 saturated heterocycles. The van der Waals surface area contributed by atoms with Crippen LogP contribution in [0, 0.1) is 23.1 Å². The highest BCUT2D eigenvalue weighted by molar-refractivity contribution is 5.72. The summed E-state index contributed by atoms with van der Waals surface area (Å²) >= 11 is 0. The minimum atomic E-state index is -0.458. The quantitative estimate of drug-likeness (QED) is 0.779. The molecule has 1 unspecified atom stereocenters. The summed E-state index contributed by atoms with van der Waals surface area (Å²) in [6, 6.07) is 14.9. The van der Waals surface area contributed by atoms with Gasteiger partial charge in [-0.3, -0.25) is 0 Å². The largest absolute Gasteiger partial charge is 0.340 e. The van der Waals surface area contributed by atoms with E-state index in [9.17, 15) is 9.65 Å². The van der Waals surface area contributed by atoms with Crippen molar-refractivity contribution in [2.24, 2.45) is 5.92 Å². The SMILES string of the molecule is CC1Cc2ccccc2N(c2cccc(F)c2C#N)C1. The molecule has 3 rings (SSSR count). The van der Waals surface area contributed by atoms with Gasteiger partial charge in [0.25, 0.3) is 0 Å². The summed E-state index contributed by atoms with van der Waals surface area (Å²) in [6.45, 7) is 2.98. The van der Waals surface area contributed by atoms with Gasteiger partial charge in [-0.2, -0.15) is 5.26 Å². The van der Waals surface area contributed by atoms with E-state index >= 15 is 0 Å². The number of halogens is 1. The molecule has 2 aromatic carbocycles. The second kappa shape index (κ2) is 4.97. The van der Waals surface area contributed by atoms with Gasteiger partial charge in [-0.15, -0.1) is 0 Å². The Hall–Kier alpha value is -2.34. The maximum absolute atomic E-state index is 13.8. The van der Waals surface area contributed by atoms with Crippen LogP contribution in [0.2, 0.25) is 0 Å². The summed E-state index contributed by atoms with van der Waals surface area (Å²) < 4.78 is 13.8. The molecule has 0 aromatic heterocycles. The molecule has 1 atom stereocenters. The molecule has 3 heteroatoms. The van der Waals surface area contributed by atoms with Gasteiger partial charge in [0.05, 0.1) is 5.69 Å². The van der Waals surface area contributed by atoms with Crippen LogP contribution in [-0.4, -0.2) is 6.54 Å². The van der Waals surface area contributed by atoms with Gasteiger partial charge < -0.3 is 4.90 Å². The minimum Gasteiger partial charge on any atom is -0.340 e. The molecule has 100 valence electrons. The van der Waals surface area contributed by atoms with E-state index < -0.39 is 5.82 Å². The Kier molecular flexibility index (Phi) is 3.15. The first kappa shape index (κ1) is 12.7. The van der Waals surface area contributed by atoms with Crippen LogP contribution in [0.25, 0.3) is 0 Å². The second-order valence-corrected chi connectivity index (χ2v) is 5.29. The van der Waals surface area contributed by atoms with Crippen LogP contribution < -0.4 is 4.90 Å². The van der Waals surface area contributed by atoms with Gasteiger partial charge in [0.2, 0.25) is 0 Å². The van der Waals surface area contributed by atoms with Gasteiger partial charge in [-0.1, -0.05) is 31.2 Å². The molecule has 2 aromatic rings. The van der Waals surface area contributed by atoms with Crippen molar-refractivity contribution in [3.05, 3.63) is 59.4 Å². The molecule has 0 fully saturated rings. The van der Waals surface area contributed by atoms with Crippen molar-refractivity contribution in [3.63, 3.8) is 0 Å². The molecule has 1 heterocycles. The molecule has 0 aliphatic carbocycles. The molecular formula is C17H15FN2. The van der Waals surface area contributed by atoms with Gasteiger partial charge in [0.1, 0.15) is 17.4 Å². The molecule has 20 heavy (non-hydrogen) atoms. The van der Waals surface area contributed by atoms with Crippen LogP contribution in [0.4, 0.5) is 15.8 Å². The summed E-state index contributed by atoms with van der Waals surface area (Å²) in [7, 11) is 0. The summed E-state index contributed by atoms with van der Waals surface area (Å²) in [4.78, 5) is 2.06. The Morgan fingerprint density at radius 2 is 1.90 bits per heavy atom. The average molecular weight is 266 g/mol. The van der Waals surface area contributed by atoms with Crippen molar-refractivity contribution in [2.75, 3.05) is 11.4 Å². The molecule has 0 amide bonds. The third-order valence-corrected chi connectivity index (χ3v) is 3.74. The number of nitriles is 1. The Morgan fingerprint density at radius 3 is 2.70 bits per heavy atom. The molecular weight excluding hydrogens is 251 g/mol. The molecule has 1 aliphatic rings. The number of hydrogen-bond donors (Lipinski definition) is 0. The van der Waals surface area contributed by atoms with E-state index in [-0.39, 0.29) is 5.56 Å². The van der Waals surface area contributed by atoms with Crippen LogP contribution in [0.1, 0.15) is 18.1 Å². The Balaban J connectivity index is 2.16. The van der Waals surface area contributed by atoms with E-state index in [1.165, 1.54) is 11.6 Å². The Bertz CT molecular complexity index is 688. The highest BCUT2D eigenvalue weighted by atomic mass is 19.1. The van der Waals surface area contributed by atoms with Crippen LogP contribution in [0.3, 0.4) is 0 Å². The lowest BCUT2D eigenvalue weighted by atomic mass is 9.93. The summed E-state index contributed by atoms with van der Waals surface area (Å²) in [5, 5.41) is 9.23. The first-order valence-electron chi connectivity index (χ1n) is 6.74. The maximum Gasteiger partial charge on any atom is 0.143 e. The fourth-order valence-electron chi connectivity index (χ4n) is 2.87. The Morgan fingerprint density at radius 1 is 1.15 bits per heavy atom. The van der Waals surface area contributed by atoms with Crippen molar-refractivity contribution in [1.29, 1.82) is 5.26 Å². The van der Waals surface area contributed by atoms with E-state index in [0.29, 0.717) is 11.6 Å². The predicted molar refractivity (Wildman–Crippen MR) is 77.4 cm³/mol. The number of anilines is 2. The monoisotopic (exact) mass is 266 g/mol. The van der Waals surface area contributed by atoms with Crippen LogP contribution >= 0.6 is 0 Å². The standard InChI is InChI=1S/C17H15FN2/c1-12-9-13-5-2-3-7-16(13)20(11-12)17-8-4-6-15(18)14(17)10-19/h2-8,12H,9,11H2,1H3. The van der Waals surface area contributed by atoms with Crippen LogP contribution in [-0.2, 0) is 6.42 Å². The fourth-order valence-corrected chi connectivity index (χ4v) is 2.87. The molecule has 0 bridgehead atoms. The van der Waals surface area contributed by atoms with E-state index in [4.69, 9.17) is 0 Å². The number of nitrogens with zero attached hydrogens (tertiary/aromatic N) is 2. The Labute approximate surface area is 118 Å². The summed E-state index contributed by atoms with van der Waals surface area (Å²) in [5.74, 6) is 0.0143. The van der Waals surface area contributed by atoms with Gasteiger partial charge in [0.15, 0.2) is 0 Å². The number of fused-ring (bicyclic) bond motifs is 1. The lowest BCUT2D eigenvalue weighted by Gasteiger charge is -2.35. The van der Waals surface area contributed by atoms with Gasteiger partial charge in [-0.25, -0.2) is 4.39 Å². The zero-order valence-corrected chi connectivity index (χ0v) is 11.3. The highest BCUT2D eigenvalue weighted by Crippen LogP contribution is 2.37. The first-order chi connectivity index (χ1) is 9.70. The zero-order valence-electron chi connectivity index (χ0n) is 11.3. The maximum atomic E-state index is 13.8. The second-order valence-electron chi connectivity index (χ2n) is 5.29. The third kappa shape index (κ3) is 2.04. The summed E-state index contributed by atoms with van der Waals surface area (Å²) in [5.41, 5.74) is 3.11. The molecule has 2 nitrogen and oxygen atoms in total. The highest BCUT2D eigenvalue weighted by Gasteiger charge is 2.25.